The molecule has 0 fully saturated rings. The van der Waals surface area contributed by atoms with Crippen LogP contribution in [0.1, 0.15) is 40.5 Å². The second kappa shape index (κ2) is 7.02. The highest BCUT2D eigenvalue weighted by Crippen LogP contribution is 2.25. The van der Waals surface area contributed by atoms with Gasteiger partial charge >= 0.3 is 0 Å². The molecule has 0 atom stereocenters. The number of anilines is 2. The normalized spacial score (nSPS) is 10.4. The summed E-state index contributed by atoms with van der Waals surface area (Å²) >= 11 is 0. The molecular weight excluding hydrogens is 276 g/mol. The number of amides is 1. The average molecular weight is 298 g/mol. The van der Waals surface area contributed by atoms with Gasteiger partial charge in [0.05, 0.1) is 0 Å². The highest BCUT2D eigenvalue weighted by molar-refractivity contribution is 5.93. The summed E-state index contributed by atoms with van der Waals surface area (Å²) in [6, 6.07) is 5.90. The van der Waals surface area contributed by atoms with Gasteiger partial charge in [0.2, 0.25) is 0 Å². The van der Waals surface area contributed by atoms with Gasteiger partial charge in [0.25, 0.3) is 5.91 Å². The number of rotatable bonds is 5. The number of nitrogens with zero attached hydrogens (tertiary/aromatic N) is 2. The third kappa shape index (κ3) is 3.81. The van der Waals surface area contributed by atoms with Crippen molar-refractivity contribution in [3.8, 4) is 0 Å². The van der Waals surface area contributed by atoms with E-state index in [1.807, 2.05) is 6.92 Å². The molecule has 1 aromatic carbocycles. The number of hydrogen-bond donors (Lipinski definition) is 2. The number of carbonyl (C=O) groups is 1. The van der Waals surface area contributed by atoms with E-state index in [0.717, 1.165) is 23.2 Å². The molecule has 2 aromatic rings. The van der Waals surface area contributed by atoms with E-state index >= 15 is 0 Å². The number of aryl methyl sites for hydroxylation is 3. The molecule has 0 aliphatic rings. The molecule has 0 bridgehead atoms. The molecule has 1 aromatic heterocycles. The lowest BCUT2D eigenvalue weighted by Gasteiger charge is -2.13. The zero-order chi connectivity index (χ0) is 16.1. The minimum Gasteiger partial charge on any atom is -0.351 e. The van der Waals surface area contributed by atoms with Crippen molar-refractivity contribution in [3.05, 3.63) is 46.9 Å². The van der Waals surface area contributed by atoms with Crippen molar-refractivity contribution in [3.63, 3.8) is 0 Å². The highest BCUT2D eigenvalue weighted by atomic mass is 16.1. The van der Waals surface area contributed by atoms with Crippen LogP contribution in [0.4, 0.5) is 11.5 Å². The first-order valence-electron chi connectivity index (χ1n) is 7.46. The molecule has 2 N–H and O–H groups in total. The molecule has 0 aliphatic carbocycles. The van der Waals surface area contributed by atoms with Crippen LogP contribution in [0.2, 0.25) is 0 Å². The molecule has 116 valence electrons. The van der Waals surface area contributed by atoms with Crippen molar-refractivity contribution < 1.29 is 4.79 Å². The smallest absolute Gasteiger partial charge is 0.270 e. The third-order valence-corrected chi connectivity index (χ3v) is 3.37. The minimum absolute atomic E-state index is 0.176. The van der Waals surface area contributed by atoms with Gasteiger partial charge < -0.3 is 10.6 Å². The predicted molar refractivity (Wildman–Crippen MR) is 88.6 cm³/mol. The zero-order valence-electron chi connectivity index (χ0n) is 13.5. The molecule has 5 nitrogen and oxygen atoms in total. The van der Waals surface area contributed by atoms with Crippen molar-refractivity contribution in [2.24, 2.45) is 0 Å². The monoisotopic (exact) mass is 298 g/mol. The van der Waals surface area contributed by atoms with E-state index in [0.29, 0.717) is 18.1 Å². The summed E-state index contributed by atoms with van der Waals surface area (Å²) in [7, 11) is 0. The molecule has 0 saturated carbocycles. The Balaban J connectivity index is 2.22. The van der Waals surface area contributed by atoms with Gasteiger partial charge in [-0.3, -0.25) is 4.79 Å². The number of hydrogen-bond acceptors (Lipinski definition) is 4. The molecule has 0 aliphatic heterocycles. The second-order valence-electron chi connectivity index (χ2n) is 5.44. The van der Waals surface area contributed by atoms with Gasteiger partial charge in [0.1, 0.15) is 17.8 Å². The minimum atomic E-state index is -0.176. The van der Waals surface area contributed by atoms with Gasteiger partial charge in [0, 0.05) is 18.3 Å². The summed E-state index contributed by atoms with van der Waals surface area (Å²) < 4.78 is 0. The second-order valence-corrected chi connectivity index (χ2v) is 5.44. The molecule has 1 heterocycles. The summed E-state index contributed by atoms with van der Waals surface area (Å²) in [5.41, 5.74) is 4.90. The Morgan fingerprint density at radius 3 is 2.41 bits per heavy atom. The van der Waals surface area contributed by atoms with Gasteiger partial charge in [-0.2, -0.15) is 0 Å². The van der Waals surface area contributed by atoms with Gasteiger partial charge in [-0.15, -0.1) is 0 Å². The fraction of sp³-hybridized carbons (Fsp3) is 0.353. The summed E-state index contributed by atoms with van der Waals surface area (Å²) in [5, 5.41) is 6.10. The molecule has 2 rings (SSSR count). The van der Waals surface area contributed by atoms with Gasteiger partial charge in [-0.1, -0.05) is 24.6 Å². The number of aromatic nitrogens is 2. The lowest BCUT2D eigenvalue weighted by molar-refractivity contribution is 0.0948. The van der Waals surface area contributed by atoms with Crippen LogP contribution in [0, 0.1) is 20.8 Å². The van der Waals surface area contributed by atoms with E-state index in [2.05, 4.69) is 53.5 Å². The maximum Gasteiger partial charge on any atom is 0.270 e. The molecule has 0 spiro atoms. The Kier molecular flexibility index (Phi) is 5.09. The van der Waals surface area contributed by atoms with Crippen molar-refractivity contribution in [2.45, 2.75) is 34.1 Å². The molecule has 5 heteroatoms. The quantitative estimate of drug-likeness (QED) is 0.889. The zero-order valence-corrected chi connectivity index (χ0v) is 13.5. The van der Waals surface area contributed by atoms with E-state index < -0.39 is 0 Å². The standard InChI is InChI=1S/C17H22N4O/c1-5-6-18-17(22)14-9-15(20-10-19-14)21-16-12(3)7-11(2)8-13(16)4/h7-10H,5-6H2,1-4H3,(H,18,22)(H,19,20,21). The number of benzene rings is 1. The van der Waals surface area contributed by atoms with Crippen molar-refractivity contribution >= 4 is 17.4 Å². The average Bonchev–Trinajstić information content (AvgIpc) is 2.48. The first-order chi connectivity index (χ1) is 10.5. The first kappa shape index (κ1) is 15.9. The Morgan fingerprint density at radius 1 is 1.09 bits per heavy atom. The van der Waals surface area contributed by atoms with Gasteiger partial charge in [0.15, 0.2) is 0 Å². The van der Waals surface area contributed by atoms with Crippen LogP contribution in [0.3, 0.4) is 0 Å². The van der Waals surface area contributed by atoms with Crippen LogP contribution in [-0.2, 0) is 0 Å². The lowest BCUT2D eigenvalue weighted by Crippen LogP contribution is -2.25. The first-order valence-corrected chi connectivity index (χ1v) is 7.46. The molecule has 22 heavy (non-hydrogen) atoms. The van der Waals surface area contributed by atoms with Crippen LogP contribution in [0.25, 0.3) is 0 Å². The predicted octanol–water partition coefficient (Wildman–Crippen LogP) is 3.29. The molecule has 0 saturated heterocycles. The Labute approximate surface area is 131 Å². The van der Waals surface area contributed by atoms with E-state index in [1.165, 1.54) is 11.9 Å². The van der Waals surface area contributed by atoms with E-state index in [-0.39, 0.29) is 5.91 Å². The maximum absolute atomic E-state index is 12.0. The number of carbonyl (C=O) groups excluding carboxylic acids is 1. The summed E-state index contributed by atoms with van der Waals surface area (Å²) in [4.78, 5) is 20.2. The van der Waals surface area contributed by atoms with Crippen LogP contribution in [0.5, 0.6) is 0 Å². The van der Waals surface area contributed by atoms with Crippen molar-refractivity contribution in [1.82, 2.24) is 15.3 Å². The SMILES string of the molecule is CCCNC(=O)c1cc(Nc2c(C)cc(C)cc2C)ncn1. The summed E-state index contributed by atoms with van der Waals surface area (Å²) in [6.45, 7) is 8.83. The fourth-order valence-electron chi connectivity index (χ4n) is 2.38. The van der Waals surface area contributed by atoms with Crippen LogP contribution < -0.4 is 10.6 Å². The van der Waals surface area contributed by atoms with Gasteiger partial charge in [-0.05, 0) is 38.3 Å². The molecule has 1 amide bonds. The third-order valence-electron chi connectivity index (χ3n) is 3.37. The van der Waals surface area contributed by atoms with E-state index in [9.17, 15) is 4.79 Å². The Bertz CT molecular complexity index is 659. The van der Waals surface area contributed by atoms with Crippen LogP contribution in [0.15, 0.2) is 24.5 Å². The highest BCUT2D eigenvalue weighted by Gasteiger charge is 2.10. The molecule has 0 unspecified atom stereocenters. The van der Waals surface area contributed by atoms with E-state index in [4.69, 9.17) is 0 Å². The lowest BCUT2D eigenvalue weighted by atomic mass is 10.1. The largest absolute Gasteiger partial charge is 0.351 e. The topological polar surface area (TPSA) is 66.9 Å². The number of nitrogens with one attached hydrogen (secondary N) is 2. The van der Waals surface area contributed by atoms with E-state index in [1.54, 1.807) is 6.07 Å². The van der Waals surface area contributed by atoms with Crippen LogP contribution in [-0.4, -0.2) is 22.4 Å². The van der Waals surface area contributed by atoms with Crippen molar-refractivity contribution in [2.75, 3.05) is 11.9 Å². The molecule has 0 radical (unpaired) electrons. The molecular formula is C17H22N4O. The van der Waals surface area contributed by atoms with Crippen LogP contribution >= 0.6 is 0 Å². The fourth-order valence-corrected chi connectivity index (χ4v) is 2.38. The Hall–Kier alpha value is -2.43. The Morgan fingerprint density at radius 2 is 1.77 bits per heavy atom. The summed E-state index contributed by atoms with van der Waals surface area (Å²) in [6.07, 6.45) is 2.30. The van der Waals surface area contributed by atoms with Gasteiger partial charge in [-0.25, -0.2) is 9.97 Å². The summed E-state index contributed by atoms with van der Waals surface area (Å²) in [5.74, 6) is 0.441. The maximum atomic E-state index is 12.0. The van der Waals surface area contributed by atoms with Crippen molar-refractivity contribution in [1.29, 1.82) is 0 Å².